The van der Waals surface area contributed by atoms with Crippen molar-refractivity contribution in [3.63, 3.8) is 0 Å². The second-order valence-electron chi connectivity index (χ2n) is 5.87. The van der Waals surface area contributed by atoms with Crippen LogP contribution in [0.5, 0.6) is 5.75 Å². The lowest BCUT2D eigenvalue weighted by Gasteiger charge is -2.34. The van der Waals surface area contributed by atoms with Crippen LogP contribution >= 0.6 is 0 Å². The van der Waals surface area contributed by atoms with E-state index in [2.05, 4.69) is 26.9 Å². The molecule has 8 heteroatoms. The zero-order valence-electron chi connectivity index (χ0n) is 15.6. The molecule has 0 atom stereocenters. The lowest BCUT2D eigenvalue weighted by Crippen LogP contribution is -2.44. The lowest BCUT2D eigenvalue weighted by atomic mass is 10.2. The number of hydrogen-bond donors (Lipinski definition) is 1. The molecule has 142 valence electrons. The van der Waals surface area contributed by atoms with E-state index in [4.69, 9.17) is 9.47 Å². The van der Waals surface area contributed by atoms with Crippen molar-refractivity contribution in [2.24, 2.45) is 0 Å². The third-order valence-corrected chi connectivity index (χ3v) is 4.17. The van der Waals surface area contributed by atoms with Gasteiger partial charge in [0.2, 0.25) is 0 Å². The smallest absolute Gasteiger partial charge is 0.354 e. The van der Waals surface area contributed by atoms with Crippen molar-refractivity contribution in [2.45, 2.75) is 0 Å². The first-order valence-corrected chi connectivity index (χ1v) is 8.25. The monoisotopic (exact) mass is 363 g/mol. The average molecular weight is 363 g/mol. The number of anilines is 2. The van der Waals surface area contributed by atoms with E-state index in [-0.39, 0.29) is 5.70 Å². The van der Waals surface area contributed by atoms with Crippen LogP contribution < -0.4 is 15.0 Å². The predicted molar refractivity (Wildman–Crippen MR) is 98.4 cm³/mol. The van der Waals surface area contributed by atoms with Crippen LogP contribution in [-0.2, 0) is 19.1 Å². The van der Waals surface area contributed by atoms with Gasteiger partial charge < -0.3 is 29.3 Å². The molecule has 1 saturated heterocycles. The maximum Gasteiger partial charge on any atom is 0.354 e. The number of benzene rings is 1. The number of likely N-dealkylation sites (N-methyl/N-ethyl adjacent to an activating group) is 1. The van der Waals surface area contributed by atoms with Gasteiger partial charge in [0.1, 0.15) is 11.4 Å². The highest BCUT2D eigenvalue weighted by molar-refractivity contribution is 5.98. The fourth-order valence-corrected chi connectivity index (χ4v) is 2.65. The SMILES string of the molecule is COC(=O)/C=C(/Nc1ccc(N2CCN(C)CC2)c(OC)c1)C(=O)OC. The standard InChI is InChI=1S/C18H25N3O5/c1-20-7-9-21(10-8-20)15-6-5-13(11-16(15)24-2)19-14(18(23)26-4)12-17(22)25-3/h5-6,11-12,19H,7-10H2,1-4H3/b14-12+. The van der Waals surface area contributed by atoms with Gasteiger partial charge in [0.25, 0.3) is 0 Å². The van der Waals surface area contributed by atoms with E-state index in [1.807, 2.05) is 12.1 Å². The third-order valence-electron chi connectivity index (χ3n) is 4.17. The molecule has 8 nitrogen and oxygen atoms in total. The van der Waals surface area contributed by atoms with Crippen LogP contribution in [0.3, 0.4) is 0 Å². The number of carbonyl (C=O) groups is 2. The number of rotatable bonds is 6. The Hall–Kier alpha value is -2.74. The summed E-state index contributed by atoms with van der Waals surface area (Å²) in [6.07, 6.45) is 1.05. The lowest BCUT2D eigenvalue weighted by molar-refractivity contribution is -0.138. The number of esters is 2. The molecular weight excluding hydrogens is 338 g/mol. The molecule has 1 fully saturated rings. The Bertz CT molecular complexity index is 681. The van der Waals surface area contributed by atoms with Gasteiger partial charge in [-0.1, -0.05) is 0 Å². The van der Waals surface area contributed by atoms with Gasteiger partial charge in [-0.15, -0.1) is 0 Å². The largest absolute Gasteiger partial charge is 0.495 e. The van der Waals surface area contributed by atoms with Gasteiger partial charge in [0.05, 0.1) is 33.1 Å². The highest BCUT2D eigenvalue weighted by atomic mass is 16.5. The van der Waals surface area contributed by atoms with Crippen molar-refractivity contribution in [1.29, 1.82) is 0 Å². The summed E-state index contributed by atoms with van der Waals surface area (Å²) >= 11 is 0. The van der Waals surface area contributed by atoms with Crippen molar-refractivity contribution >= 4 is 23.3 Å². The van der Waals surface area contributed by atoms with E-state index >= 15 is 0 Å². The average Bonchev–Trinajstić information content (AvgIpc) is 2.67. The van der Waals surface area contributed by atoms with Crippen molar-refractivity contribution in [3.8, 4) is 5.75 Å². The number of carbonyl (C=O) groups excluding carboxylic acids is 2. The molecule has 1 N–H and O–H groups in total. The van der Waals surface area contributed by atoms with E-state index in [9.17, 15) is 9.59 Å². The summed E-state index contributed by atoms with van der Waals surface area (Å²) in [7, 11) is 6.18. The summed E-state index contributed by atoms with van der Waals surface area (Å²) < 4.78 is 14.8. The first-order chi connectivity index (χ1) is 12.5. The van der Waals surface area contributed by atoms with Gasteiger partial charge in [-0.25, -0.2) is 9.59 Å². The molecule has 1 aliphatic rings. The van der Waals surface area contributed by atoms with Crippen LogP contribution in [0, 0.1) is 0 Å². The number of nitrogens with one attached hydrogen (secondary N) is 1. The van der Waals surface area contributed by atoms with Gasteiger partial charge in [-0.3, -0.25) is 0 Å². The van der Waals surface area contributed by atoms with Crippen molar-refractivity contribution < 1.29 is 23.8 Å². The molecule has 1 aliphatic heterocycles. The molecule has 1 aromatic rings. The number of methoxy groups -OCH3 is 3. The quantitative estimate of drug-likeness (QED) is 0.594. The summed E-state index contributed by atoms with van der Waals surface area (Å²) in [6, 6.07) is 5.53. The molecule has 0 unspecified atom stereocenters. The Morgan fingerprint density at radius 3 is 2.35 bits per heavy atom. The molecule has 26 heavy (non-hydrogen) atoms. The van der Waals surface area contributed by atoms with E-state index in [1.165, 1.54) is 14.2 Å². The third kappa shape index (κ3) is 4.89. The fraction of sp³-hybridized carbons (Fsp3) is 0.444. The van der Waals surface area contributed by atoms with E-state index in [0.29, 0.717) is 11.4 Å². The van der Waals surface area contributed by atoms with Crippen LogP contribution in [0.15, 0.2) is 30.0 Å². The molecule has 0 aromatic heterocycles. The molecule has 0 amide bonds. The second-order valence-corrected chi connectivity index (χ2v) is 5.87. The molecule has 2 rings (SSSR count). The van der Waals surface area contributed by atoms with Gasteiger partial charge >= 0.3 is 11.9 Å². The molecule has 0 radical (unpaired) electrons. The van der Waals surface area contributed by atoms with Crippen LogP contribution in [0.4, 0.5) is 11.4 Å². The summed E-state index contributed by atoms with van der Waals surface area (Å²) in [6.45, 7) is 3.79. The molecule has 1 aromatic carbocycles. The number of nitrogens with zero attached hydrogens (tertiary/aromatic N) is 2. The topological polar surface area (TPSA) is 80.3 Å². The van der Waals surface area contributed by atoms with Gasteiger partial charge in [-0.05, 0) is 19.2 Å². The van der Waals surface area contributed by atoms with E-state index < -0.39 is 11.9 Å². The minimum Gasteiger partial charge on any atom is -0.495 e. The number of piperazine rings is 1. The maximum absolute atomic E-state index is 11.9. The molecule has 1 heterocycles. The van der Waals surface area contributed by atoms with Crippen LogP contribution in [0.1, 0.15) is 0 Å². The van der Waals surface area contributed by atoms with Crippen LogP contribution in [0.25, 0.3) is 0 Å². The van der Waals surface area contributed by atoms with Crippen molar-refractivity contribution in [2.75, 3.05) is 64.8 Å². The second kappa shape index (κ2) is 9.10. The van der Waals surface area contributed by atoms with Crippen LogP contribution in [0.2, 0.25) is 0 Å². The molecule has 0 spiro atoms. The minimum atomic E-state index is -0.669. The Kier molecular flexibility index (Phi) is 6.85. The van der Waals surface area contributed by atoms with Gasteiger partial charge in [-0.2, -0.15) is 0 Å². The first kappa shape index (κ1) is 19.6. The molecule has 0 bridgehead atoms. The molecule has 0 saturated carbocycles. The number of hydrogen-bond acceptors (Lipinski definition) is 8. The summed E-state index contributed by atoms with van der Waals surface area (Å²) in [5.41, 5.74) is 1.57. The highest BCUT2D eigenvalue weighted by Gasteiger charge is 2.19. The number of ether oxygens (including phenoxy) is 3. The van der Waals surface area contributed by atoms with E-state index in [0.717, 1.165) is 37.9 Å². The summed E-state index contributed by atoms with van der Waals surface area (Å²) in [5.74, 6) is -0.640. The Balaban J connectivity index is 2.23. The molecular formula is C18H25N3O5. The Morgan fingerprint density at radius 1 is 1.08 bits per heavy atom. The van der Waals surface area contributed by atoms with Crippen LogP contribution in [-0.4, -0.2) is 71.4 Å². The fourth-order valence-electron chi connectivity index (χ4n) is 2.65. The highest BCUT2D eigenvalue weighted by Crippen LogP contribution is 2.32. The zero-order valence-corrected chi connectivity index (χ0v) is 15.6. The Labute approximate surface area is 153 Å². The Morgan fingerprint density at radius 2 is 1.77 bits per heavy atom. The zero-order chi connectivity index (χ0) is 19.1. The normalized spacial score (nSPS) is 15.4. The molecule has 0 aliphatic carbocycles. The van der Waals surface area contributed by atoms with Crippen molar-refractivity contribution in [3.05, 3.63) is 30.0 Å². The minimum absolute atomic E-state index is 0.0197. The summed E-state index contributed by atoms with van der Waals surface area (Å²) in [5, 5.41) is 2.89. The van der Waals surface area contributed by atoms with Gasteiger partial charge in [0, 0.05) is 37.9 Å². The summed E-state index contributed by atoms with van der Waals surface area (Å²) in [4.78, 5) is 27.9. The maximum atomic E-state index is 11.9. The van der Waals surface area contributed by atoms with E-state index in [1.54, 1.807) is 13.2 Å². The van der Waals surface area contributed by atoms with Gasteiger partial charge in [0.15, 0.2) is 0 Å². The van der Waals surface area contributed by atoms with Crippen molar-refractivity contribution in [1.82, 2.24) is 4.90 Å². The predicted octanol–water partition coefficient (Wildman–Crippen LogP) is 1.09. The first-order valence-electron chi connectivity index (χ1n) is 8.25.